The second-order valence-corrected chi connectivity index (χ2v) is 7.55. The SMILES string of the molecule is C=CCN(Cc1ccc(Cl)s1)C(=O)C1CC(c2ccccc2)NN1. The van der Waals surface area contributed by atoms with Crippen molar-refractivity contribution in [1.29, 1.82) is 0 Å². The Balaban J connectivity index is 1.66. The summed E-state index contributed by atoms with van der Waals surface area (Å²) in [7, 11) is 0. The minimum atomic E-state index is -0.245. The first-order valence-electron chi connectivity index (χ1n) is 7.87. The molecule has 126 valence electrons. The van der Waals surface area contributed by atoms with Gasteiger partial charge in [0.15, 0.2) is 0 Å². The van der Waals surface area contributed by atoms with Crippen LogP contribution in [0.5, 0.6) is 0 Å². The van der Waals surface area contributed by atoms with Gasteiger partial charge in [-0.3, -0.25) is 4.79 Å². The maximum Gasteiger partial charge on any atom is 0.241 e. The van der Waals surface area contributed by atoms with Crippen molar-refractivity contribution in [2.24, 2.45) is 0 Å². The van der Waals surface area contributed by atoms with Crippen molar-refractivity contribution < 1.29 is 4.79 Å². The molecule has 2 aromatic rings. The molecule has 4 nitrogen and oxygen atoms in total. The van der Waals surface area contributed by atoms with Crippen LogP contribution in [0.3, 0.4) is 0 Å². The number of nitrogens with zero attached hydrogens (tertiary/aromatic N) is 1. The molecule has 1 fully saturated rings. The summed E-state index contributed by atoms with van der Waals surface area (Å²) in [6, 6.07) is 13.9. The first-order valence-corrected chi connectivity index (χ1v) is 9.06. The molecule has 1 saturated heterocycles. The summed E-state index contributed by atoms with van der Waals surface area (Å²) in [6.07, 6.45) is 2.48. The van der Waals surface area contributed by atoms with Gasteiger partial charge < -0.3 is 4.90 Å². The summed E-state index contributed by atoms with van der Waals surface area (Å²) in [6.45, 7) is 4.83. The molecule has 3 rings (SSSR count). The number of carbonyl (C=O) groups is 1. The zero-order valence-corrected chi connectivity index (χ0v) is 14.8. The van der Waals surface area contributed by atoms with Gasteiger partial charge in [-0.25, -0.2) is 10.9 Å². The molecule has 2 atom stereocenters. The van der Waals surface area contributed by atoms with Crippen molar-refractivity contribution in [3.63, 3.8) is 0 Å². The van der Waals surface area contributed by atoms with Gasteiger partial charge in [0.2, 0.25) is 5.91 Å². The van der Waals surface area contributed by atoms with E-state index in [0.29, 0.717) is 13.1 Å². The number of hydrazine groups is 1. The highest BCUT2D eigenvalue weighted by atomic mass is 35.5. The van der Waals surface area contributed by atoms with Gasteiger partial charge in [-0.05, 0) is 24.1 Å². The third-order valence-corrected chi connectivity index (χ3v) is 5.26. The largest absolute Gasteiger partial charge is 0.332 e. The lowest BCUT2D eigenvalue weighted by molar-refractivity contribution is -0.133. The zero-order chi connectivity index (χ0) is 16.9. The second kappa shape index (κ2) is 7.94. The quantitative estimate of drug-likeness (QED) is 0.774. The lowest BCUT2D eigenvalue weighted by Gasteiger charge is -2.23. The number of amides is 1. The summed E-state index contributed by atoms with van der Waals surface area (Å²) in [4.78, 5) is 15.7. The molecule has 6 heteroatoms. The van der Waals surface area contributed by atoms with Crippen molar-refractivity contribution in [2.45, 2.75) is 25.0 Å². The first-order chi connectivity index (χ1) is 11.7. The lowest BCUT2D eigenvalue weighted by atomic mass is 10.0. The van der Waals surface area contributed by atoms with E-state index < -0.39 is 0 Å². The molecule has 1 aromatic carbocycles. The molecule has 0 radical (unpaired) electrons. The Hall–Kier alpha value is -1.66. The Morgan fingerprint density at radius 2 is 2.08 bits per heavy atom. The number of hydrogen-bond acceptors (Lipinski definition) is 4. The predicted molar refractivity (Wildman–Crippen MR) is 98.8 cm³/mol. The minimum absolute atomic E-state index is 0.0744. The standard InChI is InChI=1S/C18H20ClN3OS/c1-2-10-22(12-14-8-9-17(19)24-14)18(23)16-11-15(20-21-16)13-6-4-3-5-7-13/h2-9,15-16,20-21H,1,10-12H2. The predicted octanol–water partition coefficient (Wildman–Crippen LogP) is 3.52. The zero-order valence-electron chi connectivity index (χ0n) is 13.2. The summed E-state index contributed by atoms with van der Waals surface area (Å²) >= 11 is 7.49. The molecule has 2 N–H and O–H groups in total. The second-order valence-electron chi connectivity index (χ2n) is 5.75. The summed E-state index contributed by atoms with van der Waals surface area (Å²) in [5.41, 5.74) is 7.54. The third kappa shape index (κ3) is 4.05. The number of halogens is 1. The van der Waals surface area contributed by atoms with E-state index in [9.17, 15) is 4.79 Å². The maximum atomic E-state index is 12.9. The number of carbonyl (C=O) groups excluding carboxylic acids is 1. The molecule has 1 aliphatic rings. The van der Waals surface area contributed by atoms with Gasteiger partial charge in [0, 0.05) is 17.5 Å². The van der Waals surface area contributed by atoms with Gasteiger partial charge in [0.05, 0.1) is 10.9 Å². The topological polar surface area (TPSA) is 44.4 Å². The molecule has 1 aliphatic heterocycles. The van der Waals surface area contributed by atoms with Gasteiger partial charge in [0.1, 0.15) is 6.04 Å². The van der Waals surface area contributed by atoms with E-state index in [0.717, 1.165) is 15.6 Å². The molecule has 0 saturated carbocycles. The van der Waals surface area contributed by atoms with E-state index in [2.05, 4.69) is 29.6 Å². The van der Waals surface area contributed by atoms with Crippen LogP contribution in [0.1, 0.15) is 22.9 Å². The van der Waals surface area contributed by atoms with Gasteiger partial charge in [-0.2, -0.15) is 0 Å². The van der Waals surface area contributed by atoms with Crippen LogP contribution < -0.4 is 10.9 Å². The smallest absolute Gasteiger partial charge is 0.241 e. The number of thiophene rings is 1. The van der Waals surface area contributed by atoms with Crippen LogP contribution in [-0.2, 0) is 11.3 Å². The number of benzene rings is 1. The normalized spacial score (nSPS) is 20.0. The number of hydrogen-bond donors (Lipinski definition) is 2. The number of nitrogens with one attached hydrogen (secondary N) is 2. The van der Waals surface area contributed by atoms with Crippen LogP contribution in [0, 0.1) is 0 Å². The summed E-state index contributed by atoms with van der Waals surface area (Å²) in [5, 5.41) is 0. The summed E-state index contributed by atoms with van der Waals surface area (Å²) < 4.78 is 0.737. The fraction of sp³-hybridized carbons (Fsp3) is 0.278. The van der Waals surface area contributed by atoms with Crippen LogP contribution in [0.15, 0.2) is 55.1 Å². The Labute approximate surface area is 151 Å². The van der Waals surface area contributed by atoms with Gasteiger partial charge >= 0.3 is 0 Å². The Morgan fingerprint density at radius 1 is 1.29 bits per heavy atom. The monoisotopic (exact) mass is 361 g/mol. The molecular weight excluding hydrogens is 342 g/mol. The highest BCUT2D eigenvalue weighted by Crippen LogP contribution is 2.25. The number of rotatable bonds is 6. The average Bonchev–Trinajstić information content (AvgIpc) is 3.24. The van der Waals surface area contributed by atoms with Gasteiger partial charge in [-0.1, -0.05) is 48.0 Å². The summed E-state index contributed by atoms with van der Waals surface area (Å²) in [5.74, 6) is 0.0744. The van der Waals surface area contributed by atoms with E-state index in [1.165, 1.54) is 16.9 Å². The highest BCUT2D eigenvalue weighted by molar-refractivity contribution is 7.16. The molecule has 0 aliphatic carbocycles. The van der Waals surface area contributed by atoms with Crippen LogP contribution in [0.25, 0.3) is 0 Å². The van der Waals surface area contributed by atoms with E-state index in [1.807, 2.05) is 35.2 Å². The van der Waals surface area contributed by atoms with E-state index >= 15 is 0 Å². The van der Waals surface area contributed by atoms with Crippen molar-refractivity contribution in [3.05, 3.63) is 69.9 Å². The fourth-order valence-corrected chi connectivity index (χ4v) is 3.96. The molecule has 0 bridgehead atoms. The van der Waals surface area contributed by atoms with Gasteiger partial charge in [-0.15, -0.1) is 17.9 Å². The Morgan fingerprint density at radius 3 is 2.75 bits per heavy atom. The van der Waals surface area contributed by atoms with Crippen LogP contribution in [0.2, 0.25) is 4.34 Å². The van der Waals surface area contributed by atoms with E-state index in [1.54, 1.807) is 6.08 Å². The molecular formula is C18H20ClN3OS. The molecule has 24 heavy (non-hydrogen) atoms. The van der Waals surface area contributed by atoms with Crippen molar-refractivity contribution in [1.82, 2.24) is 15.8 Å². The molecule has 1 amide bonds. The fourth-order valence-electron chi connectivity index (χ4n) is 2.86. The molecule has 2 unspecified atom stereocenters. The first kappa shape index (κ1) is 17.2. The highest BCUT2D eigenvalue weighted by Gasteiger charge is 2.32. The maximum absolute atomic E-state index is 12.9. The van der Waals surface area contributed by atoms with Crippen LogP contribution in [-0.4, -0.2) is 23.4 Å². The van der Waals surface area contributed by atoms with Crippen molar-refractivity contribution >= 4 is 28.8 Å². The molecule has 2 heterocycles. The molecule has 0 spiro atoms. The van der Waals surface area contributed by atoms with Crippen molar-refractivity contribution in [3.8, 4) is 0 Å². The van der Waals surface area contributed by atoms with E-state index in [-0.39, 0.29) is 18.0 Å². The van der Waals surface area contributed by atoms with Crippen molar-refractivity contribution in [2.75, 3.05) is 6.54 Å². The molecule has 1 aromatic heterocycles. The lowest BCUT2D eigenvalue weighted by Crippen LogP contribution is -2.45. The van der Waals surface area contributed by atoms with E-state index in [4.69, 9.17) is 11.6 Å². The van der Waals surface area contributed by atoms with Crippen LogP contribution in [0.4, 0.5) is 0 Å². The van der Waals surface area contributed by atoms with Crippen LogP contribution >= 0.6 is 22.9 Å². The third-order valence-electron chi connectivity index (χ3n) is 4.04. The Kier molecular flexibility index (Phi) is 5.68. The minimum Gasteiger partial charge on any atom is -0.332 e. The Bertz CT molecular complexity index is 703. The van der Waals surface area contributed by atoms with Gasteiger partial charge in [0.25, 0.3) is 0 Å². The average molecular weight is 362 g/mol.